The van der Waals surface area contributed by atoms with Crippen molar-refractivity contribution < 1.29 is 23.0 Å². The minimum Gasteiger partial charge on any atom is -0.444 e. The zero-order valence-electron chi connectivity index (χ0n) is 14.4. The van der Waals surface area contributed by atoms with Crippen LogP contribution < -0.4 is 0 Å². The highest BCUT2D eigenvalue weighted by Crippen LogP contribution is 2.60. The number of methoxy groups -OCH3 is 1. The van der Waals surface area contributed by atoms with E-state index in [1.54, 1.807) is 27.9 Å². The number of amides is 1. The predicted octanol–water partition coefficient (Wildman–Crippen LogP) is 3.84. The number of carbonyl (C=O) groups is 1. The highest BCUT2D eigenvalue weighted by molar-refractivity contribution is 5.69. The van der Waals surface area contributed by atoms with Crippen molar-refractivity contribution in [1.82, 2.24) is 4.90 Å². The Morgan fingerprint density at radius 3 is 2.42 bits per heavy atom. The lowest BCUT2D eigenvalue weighted by molar-refractivity contribution is -0.0704. The van der Waals surface area contributed by atoms with Gasteiger partial charge in [-0.2, -0.15) is 0 Å². The molecule has 1 aliphatic heterocycles. The number of fused-ring (bicyclic) bond motifs is 1. The van der Waals surface area contributed by atoms with Crippen LogP contribution in [0.1, 0.15) is 39.2 Å². The Balaban J connectivity index is 1.87. The van der Waals surface area contributed by atoms with Crippen LogP contribution in [0.3, 0.4) is 0 Å². The van der Waals surface area contributed by atoms with Gasteiger partial charge < -0.3 is 9.47 Å². The van der Waals surface area contributed by atoms with E-state index in [4.69, 9.17) is 9.47 Å². The molecule has 0 radical (unpaired) electrons. The van der Waals surface area contributed by atoms with Gasteiger partial charge in [-0.05, 0) is 57.2 Å². The van der Waals surface area contributed by atoms with Crippen LogP contribution in [-0.4, -0.2) is 36.5 Å². The highest BCUT2D eigenvalue weighted by atomic mass is 19.1. The number of ether oxygens (including phenoxy) is 2. The molecule has 1 aromatic carbocycles. The van der Waals surface area contributed by atoms with Crippen LogP contribution in [0.5, 0.6) is 0 Å². The van der Waals surface area contributed by atoms with Crippen LogP contribution in [0, 0.1) is 17.6 Å². The molecule has 1 saturated heterocycles. The number of halogens is 2. The molecule has 2 aliphatic rings. The van der Waals surface area contributed by atoms with Crippen molar-refractivity contribution in [2.75, 3.05) is 13.7 Å². The van der Waals surface area contributed by atoms with E-state index >= 15 is 0 Å². The number of carbonyl (C=O) groups excluding carboxylic acids is 1. The Labute approximate surface area is 140 Å². The third kappa shape index (κ3) is 3.11. The van der Waals surface area contributed by atoms with Crippen LogP contribution in [0.25, 0.3) is 0 Å². The summed E-state index contributed by atoms with van der Waals surface area (Å²) in [4.78, 5) is 14.1. The maximum absolute atomic E-state index is 13.6. The molecular formula is C18H23F2NO3. The van der Waals surface area contributed by atoms with Crippen molar-refractivity contribution in [3.05, 3.63) is 35.4 Å². The fourth-order valence-corrected chi connectivity index (χ4v) is 3.67. The molecule has 6 heteroatoms. The third-order valence-corrected chi connectivity index (χ3v) is 4.86. The number of hydrogen-bond acceptors (Lipinski definition) is 3. The number of likely N-dealkylation sites (tertiary alicyclic amines) is 1. The van der Waals surface area contributed by atoms with E-state index in [-0.39, 0.29) is 12.1 Å². The molecule has 0 N–H and O–H groups in total. The molecular weight excluding hydrogens is 316 g/mol. The second-order valence-corrected chi connectivity index (χ2v) is 7.75. The zero-order valence-corrected chi connectivity index (χ0v) is 14.4. The number of rotatable bonds is 2. The third-order valence-electron chi connectivity index (χ3n) is 4.86. The first kappa shape index (κ1) is 17.1. The summed E-state index contributed by atoms with van der Waals surface area (Å²) >= 11 is 0. The molecule has 2 fully saturated rings. The van der Waals surface area contributed by atoms with Gasteiger partial charge in [0, 0.05) is 25.1 Å². The first-order valence-corrected chi connectivity index (χ1v) is 8.13. The fourth-order valence-electron chi connectivity index (χ4n) is 3.67. The van der Waals surface area contributed by atoms with Crippen LogP contribution >= 0.6 is 0 Å². The van der Waals surface area contributed by atoms with Gasteiger partial charge in [0.25, 0.3) is 0 Å². The van der Waals surface area contributed by atoms with E-state index < -0.39 is 28.7 Å². The van der Waals surface area contributed by atoms with Crippen LogP contribution in [0.2, 0.25) is 0 Å². The van der Waals surface area contributed by atoms with Gasteiger partial charge >= 0.3 is 6.09 Å². The Morgan fingerprint density at radius 2 is 1.88 bits per heavy atom. The van der Waals surface area contributed by atoms with Gasteiger partial charge in [-0.15, -0.1) is 0 Å². The summed E-state index contributed by atoms with van der Waals surface area (Å²) in [5.74, 6) is -0.937. The smallest absolute Gasteiger partial charge is 0.412 e. The Morgan fingerprint density at radius 1 is 1.25 bits per heavy atom. The van der Waals surface area contributed by atoms with E-state index in [2.05, 4.69) is 0 Å². The lowest BCUT2D eigenvalue weighted by atomic mass is 9.88. The lowest BCUT2D eigenvalue weighted by Crippen LogP contribution is -2.51. The molecule has 3 unspecified atom stereocenters. The molecule has 1 aromatic rings. The van der Waals surface area contributed by atoms with Crippen molar-refractivity contribution in [2.45, 2.75) is 50.9 Å². The van der Waals surface area contributed by atoms with Gasteiger partial charge in [0.2, 0.25) is 0 Å². The van der Waals surface area contributed by atoms with Crippen LogP contribution in [-0.2, 0) is 14.9 Å². The summed E-state index contributed by atoms with van der Waals surface area (Å²) < 4.78 is 38.2. The normalized spacial score (nSPS) is 29.2. The lowest BCUT2D eigenvalue weighted by Gasteiger charge is -2.39. The summed E-state index contributed by atoms with van der Waals surface area (Å²) in [5, 5.41) is 0. The van der Waals surface area contributed by atoms with E-state index in [1.807, 2.05) is 0 Å². The Kier molecular flexibility index (Phi) is 4.06. The molecule has 4 nitrogen and oxygen atoms in total. The van der Waals surface area contributed by atoms with Gasteiger partial charge in [0.05, 0.1) is 0 Å². The Hall–Kier alpha value is -1.69. The second-order valence-electron chi connectivity index (χ2n) is 7.75. The van der Waals surface area contributed by atoms with E-state index in [1.165, 1.54) is 17.0 Å². The fraction of sp³-hybridized carbons (Fsp3) is 0.611. The number of benzene rings is 1. The average Bonchev–Trinajstić information content (AvgIpc) is 3.17. The first-order valence-electron chi connectivity index (χ1n) is 8.13. The van der Waals surface area contributed by atoms with E-state index in [9.17, 15) is 13.6 Å². The summed E-state index contributed by atoms with van der Waals surface area (Å²) in [6.45, 7) is 5.74. The Bertz CT molecular complexity index is 638. The molecule has 3 atom stereocenters. The first-order chi connectivity index (χ1) is 11.1. The van der Waals surface area contributed by atoms with Gasteiger partial charge in [-0.1, -0.05) is 0 Å². The minimum absolute atomic E-state index is 0.252. The van der Waals surface area contributed by atoms with Crippen molar-refractivity contribution in [3.8, 4) is 0 Å². The van der Waals surface area contributed by atoms with Crippen molar-refractivity contribution in [1.29, 1.82) is 0 Å². The minimum atomic E-state index is -0.617. The average molecular weight is 339 g/mol. The molecule has 24 heavy (non-hydrogen) atoms. The summed E-state index contributed by atoms with van der Waals surface area (Å²) in [7, 11) is 1.55. The van der Waals surface area contributed by atoms with Gasteiger partial charge in [0.1, 0.15) is 23.5 Å². The van der Waals surface area contributed by atoms with Crippen molar-refractivity contribution >= 4 is 6.09 Å². The largest absolute Gasteiger partial charge is 0.444 e. The monoisotopic (exact) mass is 339 g/mol. The molecule has 1 amide bonds. The molecule has 1 saturated carbocycles. The molecule has 0 bridgehead atoms. The molecule has 0 spiro atoms. The standard InChI is InChI=1S/C18H23F2NO3/c1-17(2,3)24-16(22)21-10-18(9-12(18)7-15(21)23-4)11-5-13(19)8-14(20)6-11/h5-6,8,12,15H,7,9-10H2,1-4H3. The van der Waals surface area contributed by atoms with E-state index in [0.29, 0.717) is 18.5 Å². The second kappa shape index (κ2) is 5.69. The maximum atomic E-state index is 13.6. The van der Waals surface area contributed by atoms with Crippen molar-refractivity contribution in [3.63, 3.8) is 0 Å². The number of nitrogens with zero attached hydrogens (tertiary/aromatic N) is 1. The molecule has 3 rings (SSSR count). The number of piperidine rings is 1. The van der Waals surface area contributed by atoms with Gasteiger partial charge in [0.15, 0.2) is 0 Å². The zero-order chi connectivity index (χ0) is 17.7. The highest BCUT2D eigenvalue weighted by Gasteiger charge is 2.61. The maximum Gasteiger partial charge on any atom is 0.412 e. The van der Waals surface area contributed by atoms with Crippen LogP contribution in [0.4, 0.5) is 13.6 Å². The molecule has 132 valence electrons. The molecule has 1 heterocycles. The molecule has 1 aliphatic carbocycles. The molecule has 0 aromatic heterocycles. The van der Waals surface area contributed by atoms with Crippen LogP contribution in [0.15, 0.2) is 18.2 Å². The quantitative estimate of drug-likeness (QED) is 0.822. The topological polar surface area (TPSA) is 38.8 Å². The predicted molar refractivity (Wildman–Crippen MR) is 84.5 cm³/mol. The van der Waals surface area contributed by atoms with Gasteiger partial charge in [-0.3, -0.25) is 4.90 Å². The van der Waals surface area contributed by atoms with Gasteiger partial charge in [-0.25, -0.2) is 13.6 Å². The number of hydrogen-bond donors (Lipinski definition) is 0. The van der Waals surface area contributed by atoms with E-state index in [0.717, 1.165) is 12.5 Å². The SMILES string of the molecule is COC1CC2CC2(c2cc(F)cc(F)c2)CN1C(=O)OC(C)(C)C. The summed E-state index contributed by atoms with van der Waals surface area (Å²) in [6.07, 6.45) is 0.581. The van der Waals surface area contributed by atoms with Crippen molar-refractivity contribution in [2.24, 2.45) is 5.92 Å². The summed E-state index contributed by atoms with van der Waals surface area (Å²) in [6, 6.07) is 3.59. The summed E-state index contributed by atoms with van der Waals surface area (Å²) in [5.41, 5.74) is -0.420.